The van der Waals surface area contributed by atoms with Crippen molar-refractivity contribution in [3.63, 3.8) is 0 Å². The third-order valence-corrected chi connectivity index (χ3v) is 3.41. The summed E-state index contributed by atoms with van der Waals surface area (Å²) < 4.78 is 10.1. The normalized spacial score (nSPS) is 23.7. The molecule has 1 aromatic heterocycles. The highest BCUT2D eigenvalue weighted by Gasteiger charge is 2.23. The lowest BCUT2D eigenvalue weighted by Crippen LogP contribution is -2.30. The van der Waals surface area contributed by atoms with E-state index in [1.54, 1.807) is 6.92 Å². The third kappa shape index (κ3) is 3.03. The summed E-state index contributed by atoms with van der Waals surface area (Å²) in [4.78, 5) is 15.5. The van der Waals surface area contributed by atoms with Crippen molar-refractivity contribution in [3.05, 3.63) is 12.0 Å². The molecule has 1 aliphatic rings. The zero-order chi connectivity index (χ0) is 13.0. The van der Waals surface area contributed by atoms with Gasteiger partial charge in [-0.1, -0.05) is 19.8 Å². The van der Waals surface area contributed by atoms with E-state index >= 15 is 0 Å². The Labute approximate surface area is 107 Å². The number of esters is 1. The summed E-state index contributed by atoms with van der Waals surface area (Å²) in [6.07, 6.45) is 6.21. The molecule has 0 aromatic carbocycles. The summed E-state index contributed by atoms with van der Waals surface area (Å²) in [7, 11) is 0. The van der Waals surface area contributed by atoms with Crippen LogP contribution in [0.5, 0.6) is 0 Å². The summed E-state index contributed by atoms with van der Waals surface area (Å²) in [5.41, 5.74) is 0.225. The molecule has 2 rings (SSSR count). The SMILES string of the molecule is CCOC(=O)c1coc(NC2CCCCC2C)n1. The first-order chi connectivity index (χ1) is 8.70. The van der Waals surface area contributed by atoms with E-state index in [2.05, 4.69) is 17.2 Å². The number of rotatable bonds is 4. The molecule has 18 heavy (non-hydrogen) atoms. The van der Waals surface area contributed by atoms with Gasteiger partial charge in [0.2, 0.25) is 0 Å². The van der Waals surface area contributed by atoms with Crippen LogP contribution in [0.2, 0.25) is 0 Å². The Morgan fingerprint density at radius 1 is 1.56 bits per heavy atom. The first-order valence-electron chi connectivity index (χ1n) is 6.60. The number of nitrogens with one attached hydrogen (secondary N) is 1. The molecule has 2 atom stereocenters. The second kappa shape index (κ2) is 5.89. The van der Waals surface area contributed by atoms with Crippen molar-refractivity contribution in [2.75, 3.05) is 11.9 Å². The van der Waals surface area contributed by atoms with Gasteiger partial charge in [0.1, 0.15) is 6.26 Å². The molecular weight excluding hydrogens is 232 g/mol. The van der Waals surface area contributed by atoms with Gasteiger partial charge >= 0.3 is 5.97 Å². The first kappa shape index (κ1) is 12.9. The molecule has 0 radical (unpaired) electrons. The molecule has 1 heterocycles. The highest BCUT2D eigenvalue weighted by molar-refractivity contribution is 5.87. The number of hydrogen-bond donors (Lipinski definition) is 1. The molecule has 1 aromatic rings. The first-order valence-corrected chi connectivity index (χ1v) is 6.60. The topological polar surface area (TPSA) is 64.4 Å². The number of ether oxygens (including phenoxy) is 1. The Morgan fingerprint density at radius 3 is 3.06 bits per heavy atom. The Balaban J connectivity index is 1.95. The average molecular weight is 252 g/mol. The molecule has 2 unspecified atom stereocenters. The molecule has 100 valence electrons. The summed E-state index contributed by atoms with van der Waals surface area (Å²) in [6, 6.07) is 0.796. The van der Waals surface area contributed by atoms with E-state index in [0.29, 0.717) is 24.6 Å². The molecule has 0 amide bonds. The largest absolute Gasteiger partial charge is 0.461 e. The molecule has 0 saturated heterocycles. The van der Waals surface area contributed by atoms with Gasteiger partial charge in [0.25, 0.3) is 6.01 Å². The second-order valence-corrected chi connectivity index (χ2v) is 4.77. The van der Waals surface area contributed by atoms with E-state index in [-0.39, 0.29) is 5.69 Å². The van der Waals surface area contributed by atoms with E-state index < -0.39 is 5.97 Å². The molecule has 0 spiro atoms. The van der Waals surface area contributed by atoms with Crippen molar-refractivity contribution in [3.8, 4) is 0 Å². The Morgan fingerprint density at radius 2 is 2.33 bits per heavy atom. The number of nitrogens with zero attached hydrogens (tertiary/aromatic N) is 1. The van der Waals surface area contributed by atoms with Gasteiger partial charge in [-0.2, -0.15) is 4.98 Å². The van der Waals surface area contributed by atoms with Gasteiger partial charge in [-0.15, -0.1) is 0 Å². The van der Waals surface area contributed by atoms with Crippen molar-refractivity contribution >= 4 is 12.0 Å². The highest BCUT2D eigenvalue weighted by Crippen LogP contribution is 2.26. The molecular formula is C13H20N2O3. The van der Waals surface area contributed by atoms with Crippen LogP contribution in [-0.4, -0.2) is 23.6 Å². The van der Waals surface area contributed by atoms with Gasteiger partial charge in [0, 0.05) is 6.04 Å². The molecule has 0 aliphatic heterocycles. The molecule has 1 saturated carbocycles. The lowest BCUT2D eigenvalue weighted by molar-refractivity contribution is 0.0519. The minimum Gasteiger partial charge on any atom is -0.461 e. The van der Waals surface area contributed by atoms with E-state index in [1.165, 1.54) is 25.5 Å². The third-order valence-electron chi connectivity index (χ3n) is 3.41. The maximum absolute atomic E-state index is 11.4. The maximum Gasteiger partial charge on any atom is 0.360 e. The van der Waals surface area contributed by atoms with Gasteiger partial charge in [0.15, 0.2) is 5.69 Å². The van der Waals surface area contributed by atoms with Crippen LogP contribution in [0.4, 0.5) is 6.01 Å². The smallest absolute Gasteiger partial charge is 0.360 e. The molecule has 5 nitrogen and oxygen atoms in total. The zero-order valence-corrected chi connectivity index (χ0v) is 10.9. The van der Waals surface area contributed by atoms with Crippen LogP contribution in [0.25, 0.3) is 0 Å². The number of aromatic nitrogens is 1. The monoisotopic (exact) mass is 252 g/mol. The van der Waals surface area contributed by atoms with Gasteiger partial charge in [0.05, 0.1) is 6.61 Å². The predicted octanol–water partition coefficient (Wildman–Crippen LogP) is 2.84. The lowest BCUT2D eigenvalue weighted by Gasteiger charge is -2.28. The second-order valence-electron chi connectivity index (χ2n) is 4.77. The Hall–Kier alpha value is -1.52. The van der Waals surface area contributed by atoms with Crippen LogP contribution in [0, 0.1) is 5.92 Å². The minimum atomic E-state index is -0.439. The minimum absolute atomic E-state index is 0.225. The van der Waals surface area contributed by atoms with Crippen LogP contribution in [0.1, 0.15) is 50.0 Å². The van der Waals surface area contributed by atoms with Crippen LogP contribution >= 0.6 is 0 Å². The number of carbonyl (C=O) groups excluding carboxylic acids is 1. The molecule has 5 heteroatoms. The van der Waals surface area contributed by atoms with Gasteiger partial charge in [-0.3, -0.25) is 0 Å². The van der Waals surface area contributed by atoms with Gasteiger partial charge in [-0.05, 0) is 25.7 Å². The fraction of sp³-hybridized carbons (Fsp3) is 0.692. The fourth-order valence-corrected chi connectivity index (χ4v) is 2.33. The number of carbonyl (C=O) groups is 1. The van der Waals surface area contributed by atoms with E-state index in [1.807, 2.05) is 0 Å². The Bertz CT molecular complexity index is 403. The molecule has 1 fully saturated rings. The van der Waals surface area contributed by atoms with Crippen LogP contribution in [0.3, 0.4) is 0 Å². The standard InChI is InChI=1S/C13H20N2O3/c1-3-17-12(16)11-8-18-13(15-11)14-10-7-5-4-6-9(10)2/h8-10H,3-7H2,1-2H3,(H,14,15). The molecule has 1 N–H and O–H groups in total. The maximum atomic E-state index is 11.4. The van der Waals surface area contributed by atoms with Crippen LogP contribution in [0.15, 0.2) is 10.7 Å². The van der Waals surface area contributed by atoms with Crippen molar-refractivity contribution < 1.29 is 13.9 Å². The number of hydrogen-bond acceptors (Lipinski definition) is 5. The summed E-state index contributed by atoms with van der Waals surface area (Å²) in [5.74, 6) is 0.169. The summed E-state index contributed by atoms with van der Waals surface area (Å²) >= 11 is 0. The lowest BCUT2D eigenvalue weighted by atomic mass is 9.86. The van der Waals surface area contributed by atoms with E-state index in [0.717, 1.165) is 6.42 Å². The number of anilines is 1. The van der Waals surface area contributed by atoms with E-state index in [9.17, 15) is 4.79 Å². The van der Waals surface area contributed by atoms with Crippen LogP contribution in [-0.2, 0) is 4.74 Å². The van der Waals surface area contributed by atoms with Gasteiger partial charge in [-0.25, -0.2) is 4.79 Å². The fourth-order valence-electron chi connectivity index (χ4n) is 2.33. The zero-order valence-electron chi connectivity index (χ0n) is 10.9. The van der Waals surface area contributed by atoms with Gasteiger partial charge < -0.3 is 14.5 Å². The average Bonchev–Trinajstić information content (AvgIpc) is 2.81. The van der Waals surface area contributed by atoms with Crippen LogP contribution < -0.4 is 5.32 Å². The molecule has 1 aliphatic carbocycles. The van der Waals surface area contributed by atoms with E-state index in [4.69, 9.17) is 9.15 Å². The van der Waals surface area contributed by atoms with Crippen molar-refractivity contribution in [2.24, 2.45) is 5.92 Å². The molecule has 0 bridgehead atoms. The van der Waals surface area contributed by atoms with Crippen molar-refractivity contribution in [1.29, 1.82) is 0 Å². The van der Waals surface area contributed by atoms with Crippen molar-refractivity contribution in [2.45, 2.75) is 45.6 Å². The summed E-state index contributed by atoms with van der Waals surface area (Å²) in [5, 5.41) is 3.26. The quantitative estimate of drug-likeness (QED) is 0.835. The number of oxazole rings is 1. The Kier molecular flexibility index (Phi) is 4.23. The highest BCUT2D eigenvalue weighted by atomic mass is 16.5. The van der Waals surface area contributed by atoms with Crippen molar-refractivity contribution in [1.82, 2.24) is 4.98 Å². The predicted molar refractivity (Wildman–Crippen MR) is 67.5 cm³/mol. The summed E-state index contributed by atoms with van der Waals surface area (Å²) in [6.45, 7) is 4.33.